The summed E-state index contributed by atoms with van der Waals surface area (Å²) in [6.07, 6.45) is 5.86. The highest BCUT2D eigenvalue weighted by atomic mass is 32.1. The number of anilines is 1. The van der Waals surface area contributed by atoms with Crippen LogP contribution in [0.2, 0.25) is 0 Å². The summed E-state index contributed by atoms with van der Waals surface area (Å²) in [6, 6.07) is 11.0. The standard InChI is InChI=1S/C24H31N3O3S/c1-26(23(29)21-10-7-17-31-21)20-9-4-3-8-19(20)22(28)25-18-24(11-5-2-6-12-24)27-13-15-30-16-14-27/h3-4,7-10,17H,2,5-6,11-16,18H2,1H3,(H,25,28). The van der Waals surface area contributed by atoms with Crippen molar-refractivity contribution in [2.24, 2.45) is 0 Å². The monoisotopic (exact) mass is 441 g/mol. The van der Waals surface area contributed by atoms with Gasteiger partial charge in [0.25, 0.3) is 11.8 Å². The smallest absolute Gasteiger partial charge is 0.268 e. The lowest BCUT2D eigenvalue weighted by Crippen LogP contribution is -2.59. The molecule has 0 spiro atoms. The van der Waals surface area contributed by atoms with Gasteiger partial charge in [0, 0.05) is 32.2 Å². The maximum atomic E-state index is 13.3. The molecule has 2 amide bonds. The number of amides is 2. The Hall–Kier alpha value is -2.22. The number of ether oxygens (including phenoxy) is 1. The van der Waals surface area contributed by atoms with E-state index < -0.39 is 0 Å². The highest BCUT2D eigenvalue weighted by molar-refractivity contribution is 7.12. The van der Waals surface area contributed by atoms with Crippen molar-refractivity contribution in [1.29, 1.82) is 0 Å². The van der Waals surface area contributed by atoms with Crippen LogP contribution >= 0.6 is 11.3 Å². The number of thiophene rings is 1. The molecular weight excluding hydrogens is 410 g/mol. The summed E-state index contributed by atoms with van der Waals surface area (Å²) in [5.41, 5.74) is 1.16. The summed E-state index contributed by atoms with van der Waals surface area (Å²) in [7, 11) is 1.73. The molecule has 2 aliphatic rings. The average molecular weight is 442 g/mol. The molecule has 0 bridgehead atoms. The zero-order valence-electron chi connectivity index (χ0n) is 18.1. The van der Waals surface area contributed by atoms with E-state index in [0.29, 0.717) is 22.7 Å². The van der Waals surface area contributed by atoms with Crippen molar-refractivity contribution in [3.8, 4) is 0 Å². The molecule has 166 valence electrons. The molecular formula is C24H31N3O3S. The lowest BCUT2D eigenvalue weighted by Gasteiger charge is -2.48. The molecule has 31 heavy (non-hydrogen) atoms. The lowest BCUT2D eigenvalue weighted by molar-refractivity contribution is -0.0361. The predicted octanol–water partition coefficient (Wildman–Crippen LogP) is 3.79. The first-order chi connectivity index (χ1) is 15.1. The van der Waals surface area contributed by atoms with Gasteiger partial charge >= 0.3 is 0 Å². The van der Waals surface area contributed by atoms with Gasteiger partial charge in [-0.2, -0.15) is 0 Å². The van der Waals surface area contributed by atoms with E-state index in [1.54, 1.807) is 24.1 Å². The van der Waals surface area contributed by atoms with Crippen molar-refractivity contribution in [1.82, 2.24) is 10.2 Å². The van der Waals surface area contributed by atoms with Crippen LogP contribution < -0.4 is 10.2 Å². The minimum absolute atomic E-state index is 0.00528. The fourth-order valence-electron chi connectivity index (χ4n) is 4.83. The number of benzene rings is 1. The van der Waals surface area contributed by atoms with Gasteiger partial charge in [0.15, 0.2) is 0 Å². The van der Waals surface area contributed by atoms with Crippen LogP contribution in [0.5, 0.6) is 0 Å². The molecule has 2 fully saturated rings. The minimum Gasteiger partial charge on any atom is -0.379 e. The Kier molecular flexibility index (Phi) is 7.05. The maximum absolute atomic E-state index is 13.3. The van der Waals surface area contributed by atoms with E-state index in [2.05, 4.69) is 10.2 Å². The molecule has 2 aromatic rings. The van der Waals surface area contributed by atoms with Gasteiger partial charge in [-0.3, -0.25) is 14.5 Å². The molecule has 0 atom stereocenters. The van der Waals surface area contributed by atoms with Gasteiger partial charge < -0.3 is 15.0 Å². The van der Waals surface area contributed by atoms with Crippen molar-refractivity contribution in [2.45, 2.75) is 37.6 Å². The third-order valence-corrected chi connectivity index (χ3v) is 7.45. The van der Waals surface area contributed by atoms with Crippen LogP contribution in [0.3, 0.4) is 0 Å². The Labute approximate surface area is 188 Å². The summed E-state index contributed by atoms with van der Waals surface area (Å²) in [5.74, 6) is -0.230. The number of carbonyl (C=O) groups is 2. The molecule has 4 rings (SSSR count). The number of nitrogens with zero attached hydrogens (tertiary/aromatic N) is 2. The van der Waals surface area contributed by atoms with Gasteiger partial charge in [0.2, 0.25) is 0 Å². The zero-order valence-corrected chi connectivity index (χ0v) is 19.0. The van der Waals surface area contributed by atoms with E-state index in [0.717, 1.165) is 39.1 Å². The minimum atomic E-state index is -0.125. The highest BCUT2D eigenvalue weighted by Crippen LogP contribution is 2.34. The van der Waals surface area contributed by atoms with Crippen LogP contribution in [0.1, 0.15) is 52.1 Å². The topological polar surface area (TPSA) is 61.9 Å². The molecule has 1 saturated carbocycles. The first kappa shape index (κ1) is 22.0. The Morgan fingerprint density at radius 1 is 1.10 bits per heavy atom. The summed E-state index contributed by atoms with van der Waals surface area (Å²) in [5, 5.41) is 5.10. The largest absolute Gasteiger partial charge is 0.379 e. The summed E-state index contributed by atoms with van der Waals surface area (Å²) in [6.45, 7) is 3.99. The Bertz CT molecular complexity index is 887. The van der Waals surface area contributed by atoms with Crippen LogP contribution in [0, 0.1) is 0 Å². The van der Waals surface area contributed by atoms with Gasteiger partial charge in [-0.05, 0) is 36.4 Å². The van der Waals surface area contributed by atoms with Crippen LogP contribution in [0.15, 0.2) is 41.8 Å². The Morgan fingerprint density at radius 3 is 2.55 bits per heavy atom. The third kappa shape index (κ3) is 4.84. The molecule has 1 aromatic carbocycles. The number of para-hydroxylation sites is 1. The molecule has 0 unspecified atom stereocenters. The molecule has 7 heteroatoms. The predicted molar refractivity (Wildman–Crippen MR) is 124 cm³/mol. The van der Waals surface area contributed by atoms with E-state index in [1.165, 1.54) is 30.6 Å². The zero-order chi connectivity index (χ0) is 21.7. The number of hydrogen-bond acceptors (Lipinski definition) is 5. The summed E-state index contributed by atoms with van der Waals surface area (Å²) in [4.78, 5) is 30.8. The van der Waals surface area contributed by atoms with E-state index >= 15 is 0 Å². The van der Waals surface area contributed by atoms with Crippen LogP contribution in [-0.4, -0.2) is 62.1 Å². The van der Waals surface area contributed by atoms with Crippen molar-refractivity contribution >= 4 is 28.8 Å². The number of carbonyl (C=O) groups excluding carboxylic acids is 2. The number of rotatable bonds is 6. The quantitative estimate of drug-likeness (QED) is 0.741. The van der Waals surface area contributed by atoms with E-state index in [4.69, 9.17) is 4.74 Å². The van der Waals surface area contributed by atoms with Crippen LogP contribution in [0.25, 0.3) is 0 Å². The van der Waals surface area contributed by atoms with Gasteiger partial charge in [-0.15, -0.1) is 11.3 Å². The molecule has 1 aliphatic heterocycles. The van der Waals surface area contributed by atoms with Gasteiger partial charge in [0.05, 0.1) is 29.3 Å². The van der Waals surface area contributed by atoms with Gasteiger partial charge in [-0.25, -0.2) is 0 Å². The molecule has 1 saturated heterocycles. The van der Waals surface area contributed by atoms with E-state index in [9.17, 15) is 9.59 Å². The van der Waals surface area contributed by atoms with E-state index in [-0.39, 0.29) is 17.4 Å². The molecule has 1 aromatic heterocycles. The average Bonchev–Trinajstić information content (AvgIpc) is 3.38. The molecule has 1 aliphatic carbocycles. The number of hydrogen-bond donors (Lipinski definition) is 1. The fraction of sp³-hybridized carbons (Fsp3) is 0.500. The normalized spacial score (nSPS) is 19.0. The molecule has 1 N–H and O–H groups in total. The van der Waals surface area contributed by atoms with Crippen molar-refractivity contribution in [2.75, 3.05) is 44.8 Å². The van der Waals surface area contributed by atoms with Gasteiger partial charge in [0.1, 0.15) is 0 Å². The first-order valence-electron chi connectivity index (χ1n) is 11.1. The number of nitrogens with one attached hydrogen (secondary N) is 1. The Morgan fingerprint density at radius 2 is 1.84 bits per heavy atom. The first-order valence-corrected chi connectivity index (χ1v) is 12.0. The lowest BCUT2D eigenvalue weighted by atomic mass is 9.79. The Balaban J connectivity index is 1.50. The fourth-order valence-corrected chi connectivity index (χ4v) is 5.52. The highest BCUT2D eigenvalue weighted by Gasteiger charge is 2.39. The SMILES string of the molecule is CN(C(=O)c1cccs1)c1ccccc1C(=O)NCC1(N2CCOCC2)CCCCC1. The second-order valence-electron chi connectivity index (χ2n) is 8.43. The van der Waals surface area contributed by atoms with Crippen molar-refractivity contribution in [3.63, 3.8) is 0 Å². The molecule has 2 heterocycles. The summed E-state index contributed by atoms with van der Waals surface area (Å²) < 4.78 is 5.56. The molecule has 6 nitrogen and oxygen atoms in total. The second kappa shape index (κ2) is 9.94. The van der Waals surface area contributed by atoms with Crippen molar-refractivity contribution in [3.05, 3.63) is 52.2 Å². The second-order valence-corrected chi connectivity index (χ2v) is 9.37. The van der Waals surface area contributed by atoms with Crippen molar-refractivity contribution < 1.29 is 14.3 Å². The van der Waals surface area contributed by atoms with E-state index in [1.807, 2.05) is 29.6 Å². The van der Waals surface area contributed by atoms with Gasteiger partial charge in [-0.1, -0.05) is 37.5 Å². The summed E-state index contributed by atoms with van der Waals surface area (Å²) >= 11 is 1.41. The van der Waals surface area contributed by atoms with Crippen LogP contribution in [-0.2, 0) is 4.74 Å². The van der Waals surface area contributed by atoms with Crippen LogP contribution in [0.4, 0.5) is 5.69 Å². The maximum Gasteiger partial charge on any atom is 0.268 e. The third-order valence-electron chi connectivity index (χ3n) is 6.59. The molecule has 0 radical (unpaired) electrons. The number of morpholine rings is 1.